The van der Waals surface area contributed by atoms with E-state index in [-0.39, 0.29) is 0 Å². The minimum Gasteiger partial charge on any atom is -0.497 e. The van der Waals surface area contributed by atoms with Crippen molar-refractivity contribution in [3.8, 4) is 11.5 Å². The molecule has 0 spiro atoms. The Labute approximate surface area is 101 Å². The second-order valence-electron chi connectivity index (χ2n) is 3.67. The molecule has 0 aliphatic heterocycles. The van der Waals surface area contributed by atoms with Gasteiger partial charge in [-0.15, -0.1) is 0 Å². The maximum Gasteiger partial charge on any atom is 0.258 e. The van der Waals surface area contributed by atoms with Crippen molar-refractivity contribution >= 4 is 5.91 Å². The monoisotopic (exact) mass is 238 g/mol. The Bertz CT molecular complexity index is 393. The molecule has 5 heteroatoms. The summed E-state index contributed by atoms with van der Waals surface area (Å²) < 4.78 is 10.6. The molecule has 1 aromatic carbocycles. The van der Waals surface area contributed by atoms with Crippen molar-refractivity contribution in [2.24, 2.45) is 11.5 Å². The van der Waals surface area contributed by atoms with E-state index in [2.05, 4.69) is 0 Å². The highest BCUT2D eigenvalue weighted by molar-refractivity contribution is 5.78. The van der Waals surface area contributed by atoms with Crippen molar-refractivity contribution in [1.29, 1.82) is 0 Å². The summed E-state index contributed by atoms with van der Waals surface area (Å²) in [6.45, 7) is 2.11. The smallest absolute Gasteiger partial charge is 0.258 e. The van der Waals surface area contributed by atoms with E-state index in [0.29, 0.717) is 24.5 Å². The van der Waals surface area contributed by atoms with Crippen molar-refractivity contribution in [3.63, 3.8) is 0 Å². The van der Waals surface area contributed by atoms with Gasteiger partial charge in [0.2, 0.25) is 0 Å². The van der Waals surface area contributed by atoms with E-state index in [1.165, 1.54) is 0 Å². The number of carbonyl (C=O) groups is 1. The summed E-state index contributed by atoms with van der Waals surface area (Å²) in [7, 11) is 1.57. The van der Waals surface area contributed by atoms with Crippen molar-refractivity contribution in [1.82, 2.24) is 0 Å². The first-order valence-electron chi connectivity index (χ1n) is 5.41. The summed E-state index contributed by atoms with van der Waals surface area (Å²) in [5.74, 6) is 0.741. The minimum absolute atomic E-state index is 0.508. The standard InChI is InChI=1S/C12H18N2O3/c1-8(12(14)15)17-11-7-10(16-2)4-3-9(11)5-6-13/h3-4,7-8H,5-6,13H2,1-2H3,(H2,14,15). The van der Waals surface area contributed by atoms with Gasteiger partial charge >= 0.3 is 0 Å². The number of nitrogens with two attached hydrogens (primary N) is 2. The molecule has 1 unspecified atom stereocenters. The van der Waals surface area contributed by atoms with E-state index in [1.807, 2.05) is 12.1 Å². The fraction of sp³-hybridized carbons (Fsp3) is 0.417. The van der Waals surface area contributed by atoms with Crippen LogP contribution in [0.2, 0.25) is 0 Å². The third kappa shape index (κ3) is 3.64. The second kappa shape index (κ2) is 6.10. The van der Waals surface area contributed by atoms with E-state index < -0.39 is 12.0 Å². The number of rotatable bonds is 6. The molecule has 94 valence electrons. The lowest BCUT2D eigenvalue weighted by Gasteiger charge is -2.15. The number of ether oxygens (including phenoxy) is 2. The van der Waals surface area contributed by atoms with Gasteiger partial charge in [-0.25, -0.2) is 0 Å². The number of carbonyl (C=O) groups excluding carboxylic acids is 1. The summed E-state index contributed by atoms with van der Waals surface area (Å²) >= 11 is 0. The average Bonchev–Trinajstić information content (AvgIpc) is 2.31. The molecule has 17 heavy (non-hydrogen) atoms. The fourth-order valence-electron chi connectivity index (χ4n) is 1.38. The molecule has 4 N–H and O–H groups in total. The van der Waals surface area contributed by atoms with Gasteiger partial charge < -0.3 is 20.9 Å². The van der Waals surface area contributed by atoms with E-state index in [0.717, 1.165) is 5.56 Å². The normalized spacial score (nSPS) is 11.9. The molecular formula is C12H18N2O3. The molecule has 1 rings (SSSR count). The SMILES string of the molecule is COc1ccc(CCN)c(OC(C)C(N)=O)c1. The first-order valence-corrected chi connectivity index (χ1v) is 5.41. The average molecular weight is 238 g/mol. The zero-order valence-electron chi connectivity index (χ0n) is 10.1. The highest BCUT2D eigenvalue weighted by atomic mass is 16.5. The number of methoxy groups -OCH3 is 1. The molecule has 0 aliphatic carbocycles. The Balaban J connectivity index is 2.95. The quantitative estimate of drug-likeness (QED) is 0.753. The first kappa shape index (κ1) is 13.3. The van der Waals surface area contributed by atoms with Crippen LogP contribution in [0.25, 0.3) is 0 Å². The number of hydrogen-bond donors (Lipinski definition) is 2. The van der Waals surface area contributed by atoms with Crippen LogP contribution < -0.4 is 20.9 Å². The Morgan fingerprint density at radius 2 is 2.18 bits per heavy atom. The second-order valence-corrected chi connectivity index (χ2v) is 3.67. The van der Waals surface area contributed by atoms with Crippen molar-refractivity contribution in [3.05, 3.63) is 23.8 Å². The van der Waals surface area contributed by atoms with Gasteiger partial charge in [-0.3, -0.25) is 4.79 Å². The maximum atomic E-state index is 11.0. The minimum atomic E-state index is -0.682. The predicted octanol–water partition coefficient (Wildman–Crippen LogP) is 0.449. The zero-order chi connectivity index (χ0) is 12.8. The lowest BCUT2D eigenvalue weighted by Crippen LogP contribution is -2.31. The molecule has 0 heterocycles. The Morgan fingerprint density at radius 1 is 1.47 bits per heavy atom. The summed E-state index contributed by atoms with van der Waals surface area (Å²) in [5, 5.41) is 0. The highest BCUT2D eigenvalue weighted by Gasteiger charge is 2.13. The van der Waals surface area contributed by atoms with Gasteiger partial charge in [0.1, 0.15) is 11.5 Å². The van der Waals surface area contributed by atoms with Gasteiger partial charge in [0, 0.05) is 6.07 Å². The molecule has 0 aromatic heterocycles. The van der Waals surface area contributed by atoms with Gasteiger partial charge in [0.05, 0.1) is 7.11 Å². The van der Waals surface area contributed by atoms with E-state index >= 15 is 0 Å². The van der Waals surface area contributed by atoms with Crippen LogP contribution >= 0.6 is 0 Å². The fourth-order valence-corrected chi connectivity index (χ4v) is 1.38. The molecule has 0 aliphatic rings. The molecule has 0 saturated heterocycles. The lowest BCUT2D eigenvalue weighted by molar-refractivity contribution is -0.124. The van der Waals surface area contributed by atoms with Crippen LogP contribution in [0.4, 0.5) is 0 Å². The van der Waals surface area contributed by atoms with Crippen LogP contribution in [0.3, 0.4) is 0 Å². The van der Waals surface area contributed by atoms with Gasteiger partial charge in [0.25, 0.3) is 5.91 Å². The van der Waals surface area contributed by atoms with Crippen LogP contribution in [0, 0.1) is 0 Å². The van der Waals surface area contributed by atoms with E-state index in [9.17, 15) is 4.79 Å². The van der Waals surface area contributed by atoms with E-state index in [1.54, 1.807) is 20.1 Å². The lowest BCUT2D eigenvalue weighted by atomic mass is 10.1. The van der Waals surface area contributed by atoms with Crippen LogP contribution in [0.5, 0.6) is 11.5 Å². The molecule has 1 atom stereocenters. The maximum absolute atomic E-state index is 11.0. The molecule has 0 radical (unpaired) electrons. The zero-order valence-corrected chi connectivity index (χ0v) is 10.1. The Hall–Kier alpha value is -1.75. The molecular weight excluding hydrogens is 220 g/mol. The number of amides is 1. The van der Waals surface area contributed by atoms with Crippen LogP contribution in [-0.2, 0) is 11.2 Å². The molecule has 0 fully saturated rings. The topological polar surface area (TPSA) is 87.6 Å². The summed E-state index contributed by atoms with van der Waals surface area (Å²) in [6.07, 6.45) is -0.0104. The summed E-state index contributed by atoms with van der Waals surface area (Å²) in [5.41, 5.74) is 11.6. The molecule has 1 amide bonds. The predicted molar refractivity (Wildman–Crippen MR) is 65.0 cm³/mol. The van der Waals surface area contributed by atoms with Crippen molar-refractivity contribution in [2.45, 2.75) is 19.4 Å². The first-order chi connectivity index (χ1) is 8.08. The third-order valence-corrected chi connectivity index (χ3v) is 2.39. The van der Waals surface area contributed by atoms with Crippen LogP contribution in [0.15, 0.2) is 18.2 Å². The molecule has 0 saturated carbocycles. The van der Waals surface area contributed by atoms with Gasteiger partial charge in [-0.05, 0) is 31.5 Å². The molecule has 5 nitrogen and oxygen atoms in total. The number of benzene rings is 1. The van der Waals surface area contributed by atoms with E-state index in [4.69, 9.17) is 20.9 Å². The Morgan fingerprint density at radius 3 is 2.71 bits per heavy atom. The third-order valence-electron chi connectivity index (χ3n) is 2.39. The van der Waals surface area contributed by atoms with Gasteiger partial charge in [0.15, 0.2) is 6.10 Å². The summed E-state index contributed by atoms with van der Waals surface area (Å²) in [6, 6.07) is 5.42. The van der Waals surface area contributed by atoms with Crippen molar-refractivity contribution in [2.75, 3.05) is 13.7 Å². The Kier molecular flexibility index (Phi) is 4.78. The highest BCUT2D eigenvalue weighted by Crippen LogP contribution is 2.26. The molecule has 0 bridgehead atoms. The van der Waals surface area contributed by atoms with Gasteiger partial charge in [-0.2, -0.15) is 0 Å². The van der Waals surface area contributed by atoms with Crippen LogP contribution in [-0.4, -0.2) is 25.7 Å². The number of primary amides is 1. The number of hydrogen-bond acceptors (Lipinski definition) is 4. The van der Waals surface area contributed by atoms with Crippen LogP contribution in [0.1, 0.15) is 12.5 Å². The largest absolute Gasteiger partial charge is 0.497 e. The van der Waals surface area contributed by atoms with Gasteiger partial charge in [-0.1, -0.05) is 6.07 Å². The van der Waals surface area contributed by atoms with Crippen molar-refractivity contribution < 1.29 is 14.3 Å². The molecule has 1 aromatic rings. The summed E-state index contributed by atoms with van der Waals surface area (Å²) in [4.78, 5) is 11.0.